The number of furan rings is 1. The fraction of sp³-hybridized carbons (Fsp3) is 0.375. The van der Waals surface area contributed by atoms with Crippen LogP contribution in [0.3, 0.4) is 0 Å². The van der Waals surface area contributed by atoms with Gasteiger partial charge in [-0.3, -0.25) is 0 Å². The van der Waals surface area contributed by atoms with E-state index in [0.29, 0.717) is 0 Å². The van der Waals surface area contributed by atoms with Gasteiger partial charge in [-0.25, -0.2) is 9.50 Å². The molecule has 3 aromatic rings. The molecule has 0 spiro atoms. The zero-order valence-electron chi connectivity index (χ0n) is 12.8. The molecule has 2 atom stereocenters. The molecular formula is C16H20N4O. The Morgan fingerprint density at radius 2 is 2.05 bits per heavy atom. The highest BCUT2D eigenvalue weighted by molar-refractivity contribution is 5.42. The minimum Gasteiger partial charge on any atom is -0.468 e. The maximum Gasteiger partial charge on any atom is 0.155 e. The number of hydrogen-bond donors (Lipinski definition) is 1. The van der Waals surface area contributed by atoms with E-state index >= 15 is 0 Å². The summed E-state index contributed by atoms with van der Waals surface area (Å²) in [6.45, 7) is 8.28. The molecule has 0 amide bonds. The van der Waals surface area contributed by atoms with Crippen LogP contribution in [0.1, 0.15) is 48.6 Å². The highest BCUT2D eigenvalue weighted by atomic mass is 16.3. The first-order chi connectivity index (χ1) is 10.1. The molecule has 0 saturated carbocycles. The maximum atomic E-state index is 5.44. The summed E-state index contributed by atoms with van der Waals surface area (Å²) in [7, 11) is 0. The number of aryl methyl sites for hydroxylation is 2. The molecule has 5 nitrogen and oxygen atoms in total. The Bertz CT molecular complexity index is 745. The molecule has 3 rings (SSSR count). The van der Waals surface area contributed by atoms with Gasteiger partial charge < -0.3 is 9.73 Å². The van der Waals surface area contributed by atoms with Crippen molar-refractivity contribution in [2.24, 2.45) is 0 Å². The lowest BCUT2D eigenvalue weighted by atomic mass is 10.1. The molecular weight excluding hydrogens is 264 g/mol. The highest BCUT2D eigenvalue weighted by Gasteiger charge is 2.17. The minimum atomic E-state index is 0.143. The lowest BCUT2D eigenvalue weighted by molar-refractivity contribution is 0.401. The van der Waals surface area contributed by atoms with Crippen molar-refractivity contribution in [1.82, 2.24) is 19.9 Å². The van der Waals surface area contributed by atoms with Crippen molar-refractivity contribution in [1.29, 1.82) is 0 Å². The first-order valence-electron chi connectivity index (χ1n) is 7.17. The van der Waals surface area contributed by atoms with E-state index in [1.807, 2.05) is 35.8 Å². The predicted octanol–water partition coefficient (Wildman–Crippen LogP) is 3.35. The van der Waals surface area contributed by atoms with E-state index in [0.717, 1.165) is 28.4 Å². The SMILES string of the molecule is Cc1cc2ncc(C(C)N[C@H](C)c3ccco3)c(C)n2n1. The van der Waals surface area contributed by atoms with Crippen molar-refractivity contribution in [3.05, 3.63) is 53.4 Å². The van der Waals surface area contributed by atoms with Gasteiger partial charge in [0, 0.05) is 29.6 Å². The molecule has 5 heteroatoms. The molecule has 0 radical (unpaired) electrons. The third-order valence-electron chi connectivity index (χ3n) is 3.82. The van der Waals surface area contributed by atoms with Crippen molar-refractivity contribution in [2.45, 2.75) is 39.8 Å². The van der Waals surface area contributed by atoms with Gasteiger partial charge in [0.1, 0.15) is 5.76 Å². The number of rotatable bonds is 4. The van der Waals surface area contributed by atoms with Crippen molar-refractivity contribution in [2.75, 3.05) is 0 Å². The molecule has 3 aromatic heterocycles. The van der Waals surface area contributed by atoms with Gasteiger partial charge in [-0.1, -0.05) is 0 Å². The molecule has 0 fully saturated rings. The van der Waals surface area contributed by atoms with Crippen LogP contribution in [0.15, 0.2) is 35.1 Å². The van der Waals surface area contributed by atoms with E-state index in [-0.39, 0.29) is 12.1 Å². The monoisotopic (exact) mass is 284 g/mol. The highest BCUT2D eigenvalue weighted by Crippen LogP contribution is 2.22. The van der Waals surface area contributed by atoms with E-state index in [9.17, 15) is 0 Å². The van der Waals surface area contributed by atoms with Crippen LogP contribution >= 0.6 is 0 Å². The van der Waals surface area contributed by atoms with Gasteiger partial charge in [-0.2, -0.15) is 5.10 Å². The van der Waals surface area contributed by atoms with Gasteiger partial charge in [0.15, 0.2) is 5.65 Å². The van der Waals surface area contributed by atoms with E-state index in [1.165, 1.54) is 0 Å². The van der Waals surface area contributed by atoms with Crippen molar-refractivity contribution < 1.29 is 4.42 Å². The van der Waals surface area contributed by atoms with Gasteiger partial charge in [-0.15, -0.1) is 0 Å². The molecule has 110 valence electrons. The van der Waals surface area contributed by atoms with E-state index in [1.54, 1.807) is 6.26 Å². The summed E-state index contributed by atoms with van der Waals surface area (Å²) in [5, 5.41) is 8.03. The summed E-state index contributed by atoms with van der Waals surface area (Å²) in [6.07, 6.45) is 3.63. The van der Waals surface area contributed by atoms with Crippen LogP contribution in [0, 0.1) is 13.8 Å². The lowest BCUT2D eigenvalue weighted by Crippen LogP contribution is -2.23. The van der Waals surface area contributed by atoms with Crippen LogP contribution in [0.2, 0.25) is 0 Å². The summed E-state index contributed by atoms with van der Waals surface area (Å²) in [4.78, 5) is 4.49. The molecule has 3 heterocycles. The third-order valence-corrected chi connectivity index (χ3v) is 3.82. The van der Waals surface area contributed by atoms with E-state index in [4.69, 9.17) is 4.42 Å². The quantitative estimate of drug-likeness (QED) is 0.798. The molecule has 1 N–H and O–H groups in total. The van der Waals surface area contributed by atoms with Crippen LogP contribution in [-0.4, -0.2) is 14.6 Å². The zero-order chi connectivity index (χ0) is 15.0. The van der Waals surface area contributed by atoms with Gasteiger partial charge in [0.25, 0.3) is 0 Å². The second kappa shape index (κ2) is 5.33. The number of aromatic nitrogens is 3. The summed E-state index contributed by atoms with van der Waals surface area (Å²) >= 11 is 0. The Balaban J connectivity index is 1.87. The van der Waals surface area contributed by atoms with Crippen LogP contribution in [0.4, 0.5) is 0 Å². The zero-order valence-corrected chi connectivity index (χ0v) is 12.8. The molecule has 0 aliphatic carbocycles. The summed E-state index contributed by atoms with van der Waals surface area (Å²) in [5.74, 6) is 0.934. The van der Waals surface area contributed by atoms with Gasteiger partial charge >= 0.3 is 0 Å². The topological polar surface area (TPSA) is 55.4 Å². The lowest BCUT2D eigenvalue weighted by Gasteiger charge is -2.20. The second-order valence-electron chi connectivity index (χ2n) is 5.48. The fourth-order valence-electron chi connectivity index (χ4n) is 2.69. The fourth-order valence-corrected chi connectivity index (χ4v) is 2.69. The van der Waals surface area contributed by atoms with Crippen LogP contribution < -0.4 is 5.32 Å². The number of nitrogens with one attached hydrogen (secondary N) is 1. The summed E-state index contributed by atoms with van der Waals surface area (Å²) in [5.41, 5.74) is 4.12. The average molecular weight is 284 g/mol. The Hall–Kier alpha value is -2.14. The third kappa shape index (κ3) is 2.56. The molecule has 21 heavy (non-hydrogen) atoms. The smallest absolute Gasteiger partial charge is 0.155 e. The molecule has 0 aliphatic rings. The van der Waals surface area contributed by atoms with Gasteiger partial charge in [0.2, 0.25) is 0 Å². The number of hydrogen-bond acceptors (Lipinski definition) is 4. The van der Waals surface area contributed by atoms with Crippen LogP contribution in [-0.2, 0) is 0 Å². The van der Waals surface area contributed by atoms with E-state index in [2.05, 4.69) is 36.2 Å². The Morgan fingerprint density at radius 1 is 1.24 bits per heavy atom. The average Bonchev–Trinajstić information content (AvgIpc) is 3.07. The summed E-state index contributed by atoms with van der Waals surface area (Å²) in [6, 6.07) is 6.18. The first kappa shape index (κ1) is 13.8. The first-order valence-corrected chi connectivity index (χ1v) is 7.17. The molecule has 1 unspecified atom stereocenters. The Kier molecular flexibility index (Phi) is 3.51. The van der Waals surface area contributed by atoms with Gasteiger partial charge in [-0.05, 0) is 39.8 Å². The van der Waals surface area contributed by atoms with Crippen molar-refractivity contribution in [3.8, 4) is 0 Å². The number of nitrogens with zero attached hydrogens (tertiary/aromatic N) is 3. The Labute approximate surface area is 124 Å². The second-order valence-corrected chi connectivity index (χ2v) is 5.48. The minimum absolute atomic E-state index is 0.143. The van der Waals surface area contributed by atoms with Crippen molar-refractivity contribution in [3.63, 3.8) is 0 Å². The molecule has 0 aliphatic heterocycles. The number of fused-ring (bicyclic) bond motifs is 1. The molecule has 0 saturated heterocycles. The standard InChI is InChI=1S/C16H20N4O/c1-10-8-16-17-9-14(13(4)20(16)19-10)11(2)18-12(3)15-6-5-7-21-15/h5-9,11-12,18H,1-4H3/t11?,12-/m1/s1. The van der Waals surface area contributed by atoms with Crippen LogP contribution in [0.25, 0.3) is 5.65 Å². The molecule has 0 bridgehead atoms. The van der Waals surface area contributed by atoms with Gasteiger partial charge in [0.05, 0.1) is 18.0 Å². The van der Waals surface area contributed by atoms with Crippen LogP contribution in [0.5, 0.6) is 0 Å². The summed E-state index contributed by atoms with van der Waals surface area (Å²) < 4.78 is 7.34. The van der Waals surface area contributed by atoms with E-state index < -0.39 is 0 Å². The normalized spacial score (nSPS) is 14.5. The largest absolute Gasteiger partial charge is 0.468 e. The molecule has 0 aromatic carbocycles. The van der Waals surface area contributed by atoms with Crippen molar-refractivity contribution >= 4 is 5.65 Å². The Morgan fingerprint density at radius 3 is 2.76 bits per heavy atom. The predicted molar refractivity (Wildman–Crippen MR) is 81.1 cm³/mol. The maximum absolute atomic E-state index is 5.44.